The zero-order chi connectivity index (χ0) is 7.23. The van der Waals surface area contributed by atoms with Gasteiger partial charge in [-0.05, 0) is 6.42 Å². The van der Waals surface area contributed by atoms with Crippen molar-refractivity contribution in [3.8, 4) is 0 Å². The molecule has 1 N–H and O–H groups in total. The van der Waals surface area contributed by atoms with Crippen LogP contribution >= 0.6 is 23.4 Å². The van der Waals surface area contributed by atoms with E-state index in [1.54, 1.807) is 11.8 Å². The fourth-order valence-corrected chi connectivity index (χ4v) is 1.50. The van der Waals surface area contributed by atoms with E-state index in [4.69, 9.17) is 11.6 Å². The van der Waals surface area contributed by atoms with Gasteiger partial charge in [0.25, 0.3) is 0 Å². The lowest BCUT2D eigenvalue weighted by Gasteiger charge is -1.91. The fourth-order valence-electron chi connectivity index (χ4n) is 0.487. The Labute approximate surface area is 68.6 Å². The van der Waals surface area contributed by atoms with Crippen molar-refractivity contribution in [1.82, 2.24) is 15.2 Å². The number of halogens is 1. The van der Waals surface area contributed by atoms with E-state index in [-0.39, 0.29) is 0 Å². The Balaban J connectivity index is 2.15. The molecule has 0 saturated carbocycles. The molecule has 0 fully saturated rings. The summed E-state index contributed by atoms with van der Waals surface area (Å²) in [7, 11) is 0. The highest BCUT2D eigenvalue weighted by Crippen LogP contribution is 2.11. The van der Waals surface area contributed by atoms with Gasteiger partial charge in [-0.1, -0.05) is 11.8 Å². The number of H-pyrrole nitrogens is 1. The van der Waals surface area contributed by atoms with Crippen LogP contribution in [-0.4, -0.2) is 26.8 Å². The number of aromatic nitrogens is 3. The summed E-state index contributed by atoms with van der Waals surface area (Å²) in [4.78, 5) is 3.94. The normalized spacial score (nSPS) is 10.1. The second-order valence-corrected chi connectivity index (χ2v) is 3.14. The maximum Gasteiger partial charge on any atom is 0.183 e. The van der Waals surface area contributed by atoms with Gasteiger partial charge < -0.3 is 0 Å². The molecule has 0 aliphatic carbocycles. The van der Waals surface area contributed by atoms with Crippen molar-refractivity contribution < 1.29 is 0 Å². The van der Waals surface area contributed by atoms with Gasteiger partial charge in [-0.25, -0.2) is 4.98 Å². The highest BCUT2D eigenvalue weighted by molar-refractivity contribution is 7.99. The lowest BCUT2D eigenvalue weighted by molar-refractivity contribution is 0.968. The third-order valence-corrected chi connectivity index (χ3v) is 2.14. The molecule has 0 saturated heterocycles. The molecule has 0 aliphatic heterocycles. The smallest absolute Gasteiger partial charge is 0.183 e. The van der Waals surface area contributed by atoms with Crippen LogP contribution in [0.25, 0.3) is 0 Å². The lowest BCUT2D eigenvalue weighted by atomic mass is 10.6. The standard InChI is InChI=1S/C5H8ClN3S/c6-2-1-3-10-5-7-4-8-9-5/h4H,1-3H2,(H,7,8,9). The molecule has 0 radical (unpaired) electrons. The predicted octanol–water partition coefficient (Wildman–Crippen LogP) is 1.53. The topological polar surface area (TPSA) is 41.6 Å². The van der Waals surface area contributed by atoms with Crippen molar-refractivity contribution >= 4 is 23.4 Å². The van der Waals surface area contributed by atoms with E-state index >= 15 is 0 Å². The molecular formula is C5H8ClN3S. The first-order valence-electron chi connectivity index (χ1n) is 2.97. The molecule has 0 aliphatic rings. The summed E-state index contributed by atoms with van der Waals surface area (Å²) in [6.07, 6.45) is 2.51. The van der Waals surface area contributed by atoms with Gasteiger partial charge in [0.15, 0.2) is 5.16 Å². The third-order valence-electron chi connectivity index (χ3n) is 0.910. The van der Waals surface area contributed by atoms with Crippen LogP contribution in [-0.2, 0) is 0 Å². The highest BCUT2D eigenvalue weighted by atomic mass is 35.5. The van der Waals surface area contributed by atoms with Crippen molar-refractivity contribution in [2.24, 2.45) is 0 Å². The van der Waals surface area contributed by atoms with Gasteiger partial charge in [-0.15, -0.1) is 11.6 Å². The van der Waals surface area contributed by atoms with Crippen LogP contribution in [0.3, 0.4) is 0 Å². The van der Waals surface area contributed by atoms with Crippen molar-refractivity contribution in [3.63, 3.8) is 0 Å². The van der Waals surface area contributed by atoms with Crippen LogP contribution in [0.2, 0.25) is 0 Å². The van der Waals surface area contributed by atoms with Gasteiger partial charge in [-0.3, -0.25) is 5.10 Å². The van der Waals surface area contributed by atoms with Crippen LogP contribution in [0.1, 0.15) is 6.42 Å². The Morgan fingerprint density at radius 1 is 1.70 bits per heavy atom. The molecule has 0 aromatic carbocycles. The molecule has 1 aromatic heterocycles. The average Bonchev–Trinajstić information content (AvgIpc) is 2.41. The van der Waals surface area contributed by atoms with Crippen molar-refractivity contribution in [1.29, 1.82) is 0 Å². The van der Waals surface area contributed by atoms with Crippen LogP contribution < -0.4 is 0 Å². The monoisotopic (exact) mass is 177 g/mol. The molecule has 0 spiro atoms. The van der Waals surface area contributed by atoms with E-state index in [0.717, 1.165) is 17.3 Å². The first-order valence-corrected chi connectivity index (χ1v) is 4.49. The van der Waals surface area contributed by atoms with E-state index in [0.29, 0.717) is 5.88 Å². The van der Waals surface area contributed by atoms with E-state index in [9.17, 15) is 0 Å². The first-order chi connectivity index (χ1) is 4.93. The number of hydrogen-bond donors (Lipinski definition) is 1. The second-order valence-electron chi connectivity index (χ2n) is 1.68. The largest absolute Gasteiger partial charge is 0.254 e. The summed E-state index contributed by atoms with van der Waals surface area (Å²) in [5.74, 6) is 1.71. The minimum Gasteiger partial charge on any atom is -0.254 e. The maximum absolute atomic E-state index is 5.48. The Bertz CT molecular complexity index is 165. The van der Waals surface area contributed by atoms with Gasteiger partial charge in [0.1, 0.15) is 6.33 Å². The number of hydrogen-bond acceptors (Lipinski definition) is 3. The van der Waals surface area contributed by atoms with E-state index in [1.165, 1.54) is 6.33 Å². The Morgan fingerprint density at radius 2 is 2.60 bits per heavy atom. The second kappa shape index (κ2) is 4.57. The molecule has 0 amide bonds. The van der Waals surface area contributed by atoms with Crippen LogP contribution in [0, 0.1) is 0 Å². The van der Waals surface area contributed by atoms with Gasteiger partial charge in [0, 0.05) is 11.6 Å². The van der Waals surface area contributed by atoms with Crippen molar-refractivity contribution in [2.45, 2.75) is 11.6 Å². The highest BCUT2D eigenvalue weighted by Gasteiger charge is 1.93. The molecule has 10 heavy (non-hydrogen) atoms. The summed E-state index contributed by atoms with van der Waals surface area (Å²) >= 11 is 7.12. The predicted molar refractivity (Wildman–Crippen MR) is 42.4 cm³/mol. The number of thioether (sulfide) groups is 1. The number of nitrogens with zero attached hydrogens (tertiary/aromatic N) is 2. The van der Waals surface area contributed by atoms with Crippen LogP contribution in [0.15, 0.2) is 11.5 Å². The zero-order valence-electron chi connectivity index (χ0n) is 5.38. The van der Waals surface area contributed by atoms with Gasteiger partial charge in [-0.2, -0.15) is 5.10 Å². The molecule has 1 heterocycles. The Kier molecular flexibility index (Phi) is 3.60. The van der Waals surface area contributed by atoms with E-state index in [1.807, 2.05) is 0 Å². The van der Waals surface area contributed by atoms with E-state index < -0.39 is 0 Å². The summed E-state index contributed by atoms with van der Waals surface area (Å²) in [6, 6.07) is 0. The lowest BCUT2D eigenvalue weighted by Crippen LogP contribution is -1.82. The van der Waals surface area contributed by atoms with E-state index in [2.05, 4.69) is 15.2 Å². The van der Waals surface area contributed by atoms with Crippen molar-refractivity contribution in [2.75, 3.05) is 11.6 Å². The average molecular weight is 178 g/mol. The van der Waals surface area contributed by atoms with Crippen LogP contribution in [0.5, 0.6) is 0 Å². The molecular weight excluding hydrogens is 170 g/mol. The molecule has 0 bridgehead atoms. The van der Waals surface area contributed by atoms with Crippen LogP contribution in [0.4, 0.5) is 0 Å². The first kappa shape index (κ1) is 7.88. The quantitative estimate of drug-likeness (QED) is 0.431. The molecule has 3 nitrogen and oxygen atoms in total. The number of nitrogens with one attached hydrogen (secondary N) is 1. The summed E-state index contributed by atoms with van der Waals surface area (Å²) in [5, 5.41) is 7.33. The summed E-state index contributed by atoms with van der Waals surface area (Å²) in [5.41, 5.74) is 0. The molecule has 1 aromatic rings. The van der Waals surface area contributed by atoms with Gasteiger partial charge in [0.05, 0.1) is 0 Å². The van der Waals surface area contributed by atoms with Gasteiger partial charge >= 0.3 is 0 Å². The molecule has 0 unspecified atom stereocenters. The molecule has 1 rings (SSSR count). The summed E-state index contributed by atoms with van der Waals surface area (Å²) in [6.45, 7) is 0. The number of aromatic amines is 1. The Hall–Kier alpha value is -0.220. The number of alkyl halides is 1. The van der Waals surface area contributed by atoms with Crippen molar-refractivity contribution in [3.05, 3.63) is 6.33 Å². The minimum absolute atomic E-state index is 0.709. The Morgan fingerprint density at radius 3 is 3.20 bits per heavy atom. The summed E-state index contributed by atoms with van der Waals surface area (Å²) < 4.78 is 0. The number of rotatable bonds is 4. The minimum atomic E-state index is 0.709. The molecule has 0 atom stereocenters. The molecule has 5 heteroatoms. The third kappa shape index (κ3) is 2.58. The SMILES string of the molecule is ClCCCSc1ncn[nH]1. The fraction of sp³-hybridized carbons (Fsp3) is 0.600. The molecule has 56 valence electrons. The zero-order valence-corrected chi connectivity index (χ0v) is 6.95. The van der Waals surface area contributed by atoms with Gasteiger partial charge in [0.2, 0.25) is 0 Å². The maximum atomic E-state index is 5.48.